The van der Waals surface area contributed by atoms with Gasteiger partial charge in [0, 0.05) is 23.9 Å². The number of carbonyl (C=O) groups is 1. The number of nitrogens with one attached hydrogen (secondary N) is 1. The number of fused-ring (bicyclic) bond motifs is 2. The summed E-state index contributed by atoms with van der Waals surface area (Å²) in [5, 5.41) is 16.1. The van der Waals surface area contributed by atoms with Crippen molar-refractivity contribution in [2.75, 3.05) is 0 Å². The second-order valence-electron chi connectivity index (χ2n) is 6.44. The van der Waals surface area contributed by atoms with Crippen molar-refractivity contribution in [2.24, 2.45) is 17.8 Å². The Morgan fingerprint density at radius 1 is 1.50 bits per heavy atom. The monoisotopic (exact) mass is 294 g/mol. The van der Waals surface area contributed by atoms with E-state index >= 15 is 0 Å². The summed E-state index contributed by atoms with van der Waals surface area (Å²) in [5.41, 5.74) is 1.05. The van der Waals surface area contributed by atoms with Crippen LogP contribution in [-0.4, -0.2) is 22.1 Å². The van der Waals surface area contributed by atoms with Crippen LogP contribution in [0.4, 0.5) is 0 Å². The van der Waals surface area contributed by atoms with E-state index in [0.717, 1.165) is 23.5 Å². The predicted octanol–water partition coefficient (Wildman–Crippen LogP) is 2.86. The fourth-order valence-electron chi connectivity index (χ4n) is 3.83. The molecule has 1 aromatic heterocycles. The van der Waals surface area contributed by atoms with Gasteiger partial charge < -0.3 is 10.4 Å². The van der Waals surface area contributed by atoms with Gasteiger partial charge in [0.2, 0.25) is 0 Å². The van der Waals surface area contributed by atoms with Crippen LogP contribution in [0.5, 0.6) is 0 Å². The molecule has 1 heterocycles. The second kappa shape index (κ2) is 5.45. The Morgan fingerprint density at radius 2 is 2.25 bits per heavy atom. The number of carboxylic acids is 1. The molecule has 20 heavy (non-hydrogen) atoms. The van der Waals surface area contributed by atoms with Crippen molar-refractivity contribution in [2.45, 2.75) is 51.6 Å². The highest BCUT2D eigenvalue weighted by Gasteiger charge is 2.50. The minimum Gasteiger partial charge on any atom is -0.481 e. The third kappa shape index (κ3) is 2.49. The molecule has 2 aliphatic rings. The van der Waals surface area contributed by atoms with E-state index < -0.39 is 5.97 Å². The first kappa shape index (κ1) is 14.0. The molecule has 0 saturated heterocycles. The zero-order valence-electron chi connectivity index (χ0n) is 12.0. The number of rotatable bonds is 5. The van der Waals surface area contributed by atoms with Crippen LogP contribution in [0.1, 0.15) is 49.7 Å². The van der Waals surface area contributed by atoms with Crippen LogP contribution >= 0.6 is 11.3 Å². The maximum atomic E-state index is 11.5. The first-order valence-electron chi connectivity index (χ1n) is 7.46. The molecule has 0 radical (unpaired) electrons. The van der Waals surface area contributed by atoms with Crippen molar-refractivity contribution in [1.29, 1.82) is 0 Å². The average molecular weight is 294 g/mol. The SMILES string of the molecule is CC(C)c1nc(CNC2C3CCC(C3)C2C(=O)O)cs1. The van der Waals surface area contributed by atoms with E-state index in [9.17, 15) is 9.90 Å². The smallest absolute Gasteiger partial charge is 0.308 e. The van der Waals surface area contributed by atoms with Gasteiger partial charge in [-0.2, -0.15) is 0 Å². The number of hydrogen-bond donors (Lipinski definition) is 2. The van der Waals surface area contributed by atoms with Gasteiger partial charge in [-0.05, 0) is 31.1 Å². The minimum absolute atomic E-state index is 0.135. The van der Waals surface area contributed by atoms with E-state index in [1.54, 1.807) is 11.3 Å². The molecule has 3 rings (SSSR count). The highest BCUT2D eigenvalue weighted by Crippen LogP contribution is 2.48. The largest absolute Gasteiger partial charge is 0.481 e. The molecule has 0 spiro atoms. The van der Waals surface area contributed by atoms with Crippen molar-refractivity contribution in [3.63, 3.8) is 0 Å². The van der Waals surface area contributed by atoms with Crippen molar-refractivity contribution in [3.05, 3.63) is 16.1 Å². The fourth-order valence-corrected chi connectivity index (χ4v) is 4.67. The molecule has 2 saturated carbocycles. The third-order valence-corrected chi connectivity index (χ3v) is 5.98. The summed E-state index contributed by atoms with van der Waals surface area (Å²) >= 11 is 1.70. The summed E-state index contributed by atoms with van der Waals surface area (Å²) in [7, 11) is 0. The quantitative estimate of drug-likeness (QED) is 0.876. The van der Waals surface area contributed by atoms with Crippen LogP contribution in [0.3, 0.4) is 0 Å². The van der Waals surface area contributed by atoms with E-state index in [0.29, 0.717) is 24.3 Å². The van der Waals surface area contributed by atoms with Gasteiger partial charge in [0.25, 0.3) is 0 Å². The first-order chi connectivity index (χ1) is 9.56. The lowest BCUT2D eigenvalue weighted by Gasteiger charge is -2.28. The molecule has 0 amide bonds. The number of carboxylic acid groups (broad SMARTS) is 1. The topological polar surface area (TPSA) is 62.2 Å². The molecule has 1 aromatic rings. The summed E-state index contributed by atoms with van der Waals surface area (Å²) in [4.78, 5) is 16.1. The Hall–Kier alpha value is -0.940. The van der Waals surface area contributed by atoms with Gasteiger partial charge in [0.15, 0.2) is 0 Å². The van der Waals surface area contributed by atoms with E-state index in [-0.39, 0.29) is 12.0 Å². The Bertz CT molecular complexity index is 500. The minimum atomic E-state index is -0.629. The normalized spacial score (nSPS) is 32.1. The zero-order chi connectivity index (χ0) is 14.3. The molecule has 4 atom stereocenters. The number of hydrogen-bond acceptors (Lipinski definition) is 4. The van der Waals surface area contributed by atoms with Crippen LogP contribution in [0, 0.1) is 17.8 Å². The molecule has 2 fully saturated rings. The van der Waals surface area contributed by atoms with Crippen molar-refractivity contribution in [3.8, 4) is 0 Å². The van der Waals surface area contributed by atoms with Crippen molar-refractivity contribution < 1.29 is 9.90 Å². The molecule has 0 aromatic carbocycles. The molecular formula is C15H22N2O2S. The van der Waals surface area contributed by atoms with Crippen LogP contribution < -0.4 is 5.32 Å². The summed E-state index contributed by atoms with van der Waals surface area (Å²) in [6, 6.07) is 0.135. The van der Waals surface area contributed by atoms with Gasteiger partial charge >= 0.3 is 5.97 Å². The lowest BCUT2D eigenvalue weighted by atomic mass is 9.84. The summed E-state index contributed by atoms with van der Waals surface area (Å²) in [6.07, 6.45) is 3.36. The van der Waals surface area contributed by atoms with Gasteiger partial charge in [-0.3, -0.25) is 4.79 Å². The van der Waals surface area contributed by atoms with E-state index in [2.05, 4.69) is 29.5 Å². The number of aliphatic carboxylic acids is 1. The van der Waals surface area contributed by atoms with Gasteiger partial charge in [-0.15, -0.1) is 11.3 Å². The lowest BCUT2D eigenvalue weighted by Crippen LogP contribution is -2.43. The number of nitrogens with zero attached hydrogens (tertiary/aromatic N) is 1. The Balaban J connectivity index is 1.63. The molecule has 2 N–H and O–H groups in total. The Morgan fingerprint density at radius 3 is 2.90 bits per heavy atom. The van der Waals surface area contributed by atoms with Gasteiger partial charge in [-0.25, -0.2) is 4.98 Å². The van der Waals surface area contributed by atoms with Crippen molar-refractivity contribution >= 4 is 17.3 Å². The molecule has 2 aliphatic carbocycles. The first-order valence-corrected chi connectivity index (χ1v) is 8.34. The van der Waals surface area contributed by atoms with Crippen LogP contribution in [-0.2, 0) is 11.3 Å². The van der Waals surface area contributed by atoms with Crippen LogP contribution in [0.15, 0.2) is 5.38 Å². The van der Waals surface area contributed by atoms with Crippen molar-refractivity contribution in [1.82, 2.24) is 10.3 Å². The molecule has 0 aliphatic heterocycles. The van der Waals surface area contributed by atoms with Gasteiger partial charge in [0.05, 0.1) is 16.6 Å². The number of thiazole rings is 1. The lowest BCUT2D eigenvalue weighted by molar-refractivity contribution is -0.144. The maximum absolute atomic E-state index is 11.5. The van der Waals surface area contributed by atoms with Crippen LogP contribution in [0.2, 0.25) is 0 Å². The zero-order valence-corrected chi connectivity index (χ0v) is 12.8. The van der Waals surface area contributed by atoms with E-state index in [1.165, 1.54) is 6.42 Å². The Kier molecular flexibility index (Phi) is 3.82. The number of aromatic nitrogens is 1. The third-order valence-electron chi connectivity index (χ3n) is 4.78. The molecule has 5 heteroatoms. The highest BCUT2D eigenvalue weighted by atomic mass is 32.1. The molecule has 4 nitrogen and oxygen atoms in total. The van der Waals surface area contributed by atoms with E-state index in [1.807, 2.05) is 0 Å². The Labute approximate surface area is 123 Å². The summed E-state index contributed by atoms with van der Waals surface area (Å²) < 4.78 is 0. The summed E-state index contributed by atoms with van der Waals surface area (Å²) in [5.74, 6) is 0.566. The van der Waals surface area contributed by atoms with Gasteiger partial charge in [-0.1, -0.05) is 13.8 Å². The van der Waals surface area contributed by atoms with E-state index in [4.69, 9.17) is 0 Å². The highest BCUT2D eigenvalue weighted by molar-refractivity contribution is 7.09. The molecule has 2 bridgehead atoms. The predicted molar refractivity (Wildman–Crippen MR) is 78.8 cm³/mol. The molecular weight excluding hydrogens is 272 g/mol. The molecule has 4 unspecified atom stereocenters. The fraction of sp³-hybridized carbons (Fsp3) is 0.733. The maximum Gasteiger partial charge on any atom is 0.308 e. The average Bonchev–Trinajstić information content (AvgIpc) is 3.10. The standard InChI is InChI=1S/C15H22N2O2S/c1-8(2)14-17-11(7-20-14)6-16-13-10-4-3-9(5-10)12(13)15(18)19/h7-10,12-13,16H,3-6H2,1-2H3,(H,18,19). The summed E-state index contributed by atoms with van der Waals surface area (Å²) in [6.45, 7) is 4.99. The molecule has 110 valence electrons. The van der Waals surface area contributed by atoms with Gasteiger partial charge in [0.1, 0.15) is 0 Å². The second-order valence-corrected chi connectivity index (χ2v) is 7.33. The van der Waals surface area contributed by atoms with Crippen LogP contribution in [0.25, 0.3) is 0 Å².